The Bertz CT molecular complexity index is 470. The Balaban J connectivity index is 3.58. The summed E-state index contributed by atoms with van der Waals surface area (Å²) in [5.74, 6) is 0.690. The summed E-state index contributed by atoms with van der Waals surface area (Å²) in [5, 5.41) is 2.52. The Hall–Kier alpha value is -1.51. The zero-order chi connectivity index (χ0) is 15.7. The van der Waals surface area contributed by atoms with Crippen molar-refractivity contribution in [3.05, 3.63) is 28.8 Å². The first-order valence-corrected chi connectivity index (χ1v) is 7.02. The van der Waals surface area contributed by atoms with Gasteiger partial charge in [-0.25, -0.2) is 4.79 Å². The molecule has 0 bridgehead atoms. The number of nitrogens with one attached hydrogen (secondary N) is 1. The zero-order valence-corrected chi connectivity index (χ0v) is 14.0. The van der Waals surface area contributed by atoms with Gasteiger partial charge in [-0.15, -0.1) is 0 Å². The van der Waals surface area contributed by atoms with Crippen LogP contribution in [0.1, 0.15) is 58.2 Å². The molecular weight excluding hydrogens is 250 g/mol. The minimum absolute atomic E-state index is 0.0879. The summed E-state index contributed by atoms with van der Waals surface area (Å²) in [4.78, 5) is 11.7. The van der Waals surface area contributed by atoms with Gasteiger partial charge >= 0.3 is 6.09 Å². The van der Waals surface area contributed by atoms with Crippen LogP contribution < -0.4 is 10.1 Å². The van der Waals surface area contributed by atoms with Gasteiger partial charge in [0.2, 0.25) is 0 Å². The van der Waals surface area contributed by atoms with Crippen molar-refractivity contribution < 1.29 is 9.53 Å². The first-order valence-electron chi connectivity index (χ1n) is 7.02. The number of amides is 1. The van der Waals surface area contributed by atoms with Crippen molar-refractivity contribution in [2.24, 2.45) is 0 Å². The fourth-order valence-corrected chi connectivity index (χ4v) is 2.14. The molecule has 3 heteroatoms. The van der Waals surface area contributed by atoms with E-state index >= 15 is 0 Å². The highest BCUT2D eigenvalue weighted by Gasteiger charge is 2.28. The summed E-state index contributed by atoms with van der Waals surface area (Å²) >= 11 is 0. The average Bonchev–Trinajstić information content (AvgIpc) is 2.27. The van der Waals surface area contributed by atoms with Crippen molar-refractivity contribution in [2.45, 2.75) is 59.3 Å². The van der Waals surface area contributed by atoms with Gasteiger partial charge in [-0.2, -0.15) is 0 Å². The fraction of sp³-hybridized carbons (Fsp3) is 0.588. The summed E-state index contributed by atoms with van der Waals surface area (Å²) in [7, 11) is 1.57. The zero-order valence-electron chi connectivity index (χ0n) is 14.0. The lowest BCUT2D eigenvalue weighted by Gasteiger charge is -2.29. The highest BCUT2D eigenvalue weighted by Crippen LogP contribution is 2.40. The molecule has 112 valence electrons. The highest BCUT2D eigenvalue weighted by molar-refractivity contribution is 5.72. The van der Waals surface area contributed by atoms with Gasteiger partial charge < -0.3 is 10.1 Å². The van der Waals surface area contributed by atoms with Crippen molar-refractivity contribution in [1.29, 1.82) is 0 Å². The molecule has 0 spiro atoms. The van der Waals surface area contributed by atoms with Crippen LogP contribution >= 0.6 is 0 Å². The SMILES string of the molecule is CNC(=O)Oc1c(C(C)(C)C)cc(C)cc1C(C)(C)C. The highest BCUT2D eigenvalue weighted by atomic mass is 16.6. The van der Waals surface area contributed by atoms with Gasteiger partial charge in [0, 0.05) is 18.2 Å². The first-order chi connectivity index (χ1) is 8.96. The van der Waals surface area contributed by atoms with Crippen LogP contribution in [0.15, 0.2) is 12.1 Å². The van der Waals surface area contributed by atoms with Crippen LogP contribution in [0.2, 0.25) is 0 Å². The van der Waals surface area contributed by atoms with Gasteiger partial charge in [0.05, 0.1) is 0 Å². The van der Waals surface area contributed by atoms with Crippen LogP contribution in [0.5, 0.6) is 5.75 Å². The average molecular weight is 277 g/mol. The number of aryl methyl sites for hydroxylation is 1. The third-order valence-electron chi connectivity index (χ3n) is 3.25. The molecule has 1 rings (SSSR count). The summed E-state index contributed by atoms with van der Waals surface area (Å²) in [6.45, 7) is 14.9. The molecule has 1 aromatic carbocycles. The van der Waals surface area contributed by atoms with Gasteiger partial charge in [-0.1, -0.05) is 59.2 Å². The Morgan fingerprint density at radius 2 is 1.40 bits per heavy atom. The van der Waals surface area contributed by atoms with Crippen molar-refractivity contribution in [1.82, 2.24) is 5.32 Å². The van der Waals surface area contributed by atoms with E-state index in [1.165, 1.54) is 5.56 Å². The molecule has 3 nitrogen and oxygen atoms in total. The summed E-state index contributed by atoms with van der Waals surface area (Å²) in [6.07, 6.45) is -0.426. The van der Waals surface area contributed by atoms with Crippen LogP contribution in [-0.4, -0.2) is 13.1 Å². The topological polar surface area (TPSA) is 38.3 Å². The summed E-state index contributed by atoms with van der Waals surface area (Å²) < 4.78 is 5.58. The number of rotatable bonds is 1. The maximum absolute atomic E-state index is 11.7. The maximum Gasteiger partial charge on any atom is 0.412 e. The Kier molecular flexibility index (Phi) is 4.52. The number of hydrogen-bond acceptors (Lipinski definition) is 2. The fourth-order valence-electron chi connectivity index (χ4n) is 2.14. The molecule has 1 aromatic rings. The van der Waals surface area contributed by atoms with Gasteiger partial charge in [-0.05, 0) is 17.8 Å². The second-order valence-corrected chi connectivity index (χ2v) is 7.33. The van der Waals surface area contributed by atoms with E-state index in [-0.39, 0.29) is 10.8 Å². The number of hydrogen-bond donors (Lipinski definition) is 1. The minimum atomic E-state index is -0.426. The third kappa shape index (κ3) is 3.75. The molecule has 0 saturated heterocycles. The molecule has 20 heavy (non-hydrogen) atoms. The first kappa shape index (κ1) is 16.5. The van der Waals surface area contributed by atoms with Gasteiger partial charge in [0.25, 0.3) is 0 Å². The van der Waals surface area contributed by atoms with E-state index in [9.17, 15) is 4.79 Å². The van der Waals surface area contributed by atoms with E-state index in [1.54, 1.807) is 7.05 Å². The minimum Gasteiger partial charge on any atom is -0.410 e. The molecule has 1 N–H and O–H groups in total. The molecule has 0 aromatic heterocycles. The van der Waals surface area contributed by atoms with Crippen molar-refractivity contribution >= 4 is 6.09 Å². The summed E-state index contributed by atoms with van der Waals surface area (Å²) in [6, 6.07) is 4.21. The van der Waals surface area contributed by atoms with E-state index in [0.29, 0.717) is 5.75 Å². The van der Waals surface area contributed by atoms with Crippen molar-refractivity contribution in [3.8, 4) is 5.75 Å². The number of benzene rings is 1. The molecule has 0 heterocycles. The largest absolute Gasteiger partial charge is 0.412 e. The lowest BCUT2D eigenvalue weighted by molar-refractivity contribution is 0.201. The van der Waals surface area contributed by atoms with Crippen molar-refractivity contribution in [2.75, 3.05) is 7.05 Å². The third-order valence-corrected chi connectivity index (χ3v) is 3.25. The number of carbonyl (C=O) groups excluding carboxylic acids is 1. The normalized spacial score (nSPS) is 12.2. The monoisotopic (exact) mass is 277 g/mol. The van der Waals surface area contributed by atoms with Gasteiger partial charge in [0.1, 0.15) is 5.75 Å². The van der Waals surface area contributed by atoms with Gasteiger partial charge in [0.15, 0.2) is 0 Å². The van der Waals surface area contributed by atoms with E-state index < -0.39 is 6.09 Å². The molecular formula is C17H27NO2. The Morgan fingerprint density at radius 3 is 1.70 bits per heavy atom. The standard InChI is InChI=1S/C17H27NO2/c1-11-9-12(16(2,3)4)14(20-15(19)18-8)13(10-11)17(5,6)7/h9-10H,1-8H3,(H,18,19). The van der Waals surface area contributed by atoms with E-state index in [2.05, 4.69) is 65.9 Å². The van der Waals surface area contributed by atoms with Crippen LogP contribution in [0.25, 0.3) is 0 Å². The molecule has 0 aliphatic heterocycles. The van der Waals surface area contributed by atoms with Crippen LogP contribution in [-0.2, 0) is 10.8 Å². The summed E-state index contributed by atoms with van der Waals surface area (Å²) in [5.41, 5.74) is 3.13. The molecule has 0 fully saturated rings. The maximum atomic E-state index is 11.7. The molecule has 1 amide bonds. The predicted molar refractivity (Wildman–Crippen MR) is 83.7 cm³/mol. The number of carbonyl (C=O) groups is 1. The van der Waals surface area contributed by atoms with E-state index in [1.807, 2.05) is 0 Å². The Labute approximate surface area is 122 Å². The second kappa shape index (κ2) is 5.47. The van der Waals surface area contributed by atoms with E-state index in [4.69, 9.17) is 4.74 Å². The van der Waals surface area contributed by atoms with Crippen molar-refractivity contribution in [3.63, 3.8) is 0 Å². The molecule has 0 atom stereocenters. The van der Waals surface area contributed by atoms with Crippen LogP contribution in [0.3, 0.4) is 0 Å². The lowest BCUT2D eigenvalue weighted by Crippen LogP contribution is -2.27. The smallest absolute Gasteiger partial charge is 0.410 e. The predicted octanol–water partition coefficient (Wildman–Crippen LogP) is 4.31. The lowest BCUT2D eigenvalue weighted by atomic mass is 9.78. The molecule has 0 aliphatic rings. The molecule has 0 unspecified atom stereocenters. The Morgan fingerprint density at radius 1 is 1.00 bits per heavy atom. The quantitative estimate of drug-likeness (QED) is 0.830. The van der Waals surface area contributed by atoms with E-state index in [0.717, 1.165) is 11.1 Å². The second-order valence-electron chi connectivity index (χ2n) is 7.33. The van der Waals surface area contributed by atoms with Crippen LogP contribution in [0.4, 0.5) is 4.79 Å². The number of ether oxygens (including phenoxy) is 1. The molecule has 0 saturated carbocycles. The molecule has 0 radical (unpaired) electrons. The molecule has 0 aliphatic carbocycles. The van der Waals surface area contributed by atoms with Crippen LogP contribution in [0, 0.1) is 6.92 Å². The van der Waals surface area contributed by atoms with Gasteiger partial charge in [-0.3, -0.25) is 0 Å².